The Labute approximate surface area is 122 Å². The minimum Gasteiger partial charge on any atom is -0.354 e. The lowest BCUT2D eigenvalue weighted by Gasteiger charge is -2.08. The maximum atomic E-state index is 5.88. The first-order chi connectivity index (χ1) is 9.19. The molecule has 0 radical (unpaired) electrons. The summed E-state index contributed by atoms with van der Waals surface area (Å²) in [6, 6.07) is 7.76. The minimum atomic E-state index is 0.684. The number of anilines is 1. The first kappa shape index (κ1) is 14.2. The van der Waals surface area contributed by atoms with Crippen molar-refractivity contribution < 1.29 is 0 Å². The van der Waals surface area contributed by atoms with Gasteiger partial charge in [-0.25, -0.2) is 9.97 Å². The van der Waals surface area contributed by atoms with Crippen molar-refractivity contribution in [3.05, 3.63) is 41.0 Å². The molecule has 0 aliphatic rings. The molecule has 0 amide bonds. The fraction of sp³-hybridized carbons (Fsp3) is 0.286. The van der Waals surface area contributed by atoms with E-state index in [4.69, 9.17) is 11.6 Å². The van der Waals surface area contributed by atoms with Crippen LogP contribution in [0.15, 0.2) is 40.4 Å². The first-order valence-electron chi connectivity index (χ1n) is 6.20. The van der Waals surface area contributed by atoms with Crippen LogP contribution in [0.25, 0.3) is 0 Å². The van der Waals surface area contributed by atoms with Gasteiger partial charge in [0.1, 0.15) is 5.03 Å². The van der Waals surface area contributed by atoms with Crippen LogP contribution in [-0.4, -0.2) is 16.5 Å². The van der Waals surface area contributed by atoms with Crippen LogP contribution < -0.4 is 5.32 Å². The SMILES string of the molecule is CCCNc1ncc(C)c(Sc2ccc(Cl)cc2)n1. The summed E-state index contributed by atoms with van der Waals surface area (Å²) < 4.78 is 0. The molecule has 0 unspecified atom stereocenters. The van der Waals surface area contributed by atoms with Crippen molar-refractivity contribution in [1.82, 2.24) is 9.97 Å². The van der Waals surface area contributed by atoms with Gasteiger partial charge in [0, 0.05) is 28.2 Å². The molecule has 0 bridgehead atoms. The number of aromatic nitrogens is 2. The standard InChI is InChI=1S/C14H16ClN3S/c1-3-8-16-14-17-9-10(2)13(18-14)19-12-6-4-11(15)5-7-12/h4-7,9H,3,8H2,1-2H3,(H,16,17,18). The van der Waals surface area contributed by atoms with Crippen molar-refractivity contribution in [3.8, 4) is 0 Å². The topological polar surface area (TPSA) is 37.8 Å². The zero-order chi connectivity index (χ0) is 13.7. The van der Waals surface area contributed by atoms with Gasteiger partial charge in [0.25, 0.3) is 0 Å². The van der Waals surface area contributed by atoms with Gasteiger partial charge in [-0.05, 0) is 37.6 Å². The van der Waals surface area contributed by atoms with Crippen molar-refractivity contribution in [3.63, 3.8) is 0 Å². The highest BCUT2D eigenvalue weighted by Gasteiger charge is 2.05. The second-order valence-electron chi connectivity index (χ2n) is 4.16. The van der Waals surface area contributed by atoms with Crippen LogP contribution in [0.1, 0.15) is 18.9 Å². The van der Waals surface area contributed by atoms with Crippen molar-refractivity contribution in [2.45, 2.75) is 30.2 Å². The Hall–Kier alpha value is -1.26. The predicted octanol–water partition coefficient (Wildman–Crippen LogP) is 4.41. The second-order valence-corrected chi connectivity index (χ2v) is 5.66. The smallest absolute Gasteiger partial charge is 0.223 e. The lowest BCUT2D eigenvalue weighted by Crippen LogP contribution is -2.05. The number of hydrogen-bond acceptors (Lipinski definition) is 4. The molecule has 19 heavy (non-hydrogen) atoms. The molecule has 100 valence electrons. The molecule has 0 saturated heterocycles. The van der Waals surface area contributed by atoms with E-state index < -0.39 is 0 Å². The van der Waals surface area contributed by atoms with Crippen LogP contribution in [0.5, 0.6) is 0 Å². The lowest BCUT2D eigenvalue weighted by atomic mass is 10.4. The van der Waals surface area contributed by atoms with E-state index in [1.165, 1.54) is 0 Å². The lowest BCUT2D eigenvalue weighted by molar-refractivity contribution is 0.925. The average Bonchev–Trinajstić information content (AvgIpc) is 2.42. The van der Waals surface area contributed by atoms with E-state index >= 15 is 0 Å². The Balaban J connectivity index is 2.16. The van der Waals surface area contributed by atoms with Gasteiger partial charge in [-0.1, -0.05) is 30.3 Å². The Kier molecular flexibility index (Phi) is 5.05. The van der Waals surface area contributed by atoms with Crippen LogP contribution in [-0.2, 0) is 0 Å². The second kappa shape index (κ2) is 6.78. The number of rotatable bonds is 5. The summed E-state index contributed by atoms with van der Waals surface area (Å²) in [7, 11) is 0. The number of aryl methyl sites for hydroxylation is 1. The van der Waals surface area contributed by atoms with Gasteiger partial charge in [0.2, 0.25) is 5.95 Å². The highest BCUT2D eigenvalue weighted by atomic mass is 35.5. The molecule has 0 aliphatic carbocycles. The molecule has 0 atom stereocenters. The molecular weight excluding hydrogens is 278 g/mol. The van der Waals surface area contributed by atoms with E-state index in [-0.39, 0.29) is 0 Å². The van der Waals surface area contributed by atoms with Crippen LogP contribution in [0.3, 0.4) is 0 Å². The summed E-state index contributed by atoms with van der Waals surface area (Å²) in [6.07, 6.45) is 2.90. The van der Waals surface area contributed by atoms with E-state index in [1.54, 1.807) is 11.8 Å². The molecule has 2 rings (SSSR count). The molecule has 5 heteroatoms. The molecule has 3 nitrogen and oxygen atoms in total. The van der Waals surface area contributed by atoms with Crippen LogP contribution in [0.2, 0.25) is 5.02 Å². The van der Waals surface area contributed by atoms with E-state index in [1.807, 2.05) is 37.4 Å². The third-order valence-corrected chi connectivity index (χ3v) is 3.85. The zero-order valence-electron chi connectivity index (χ0n) is 11.0. The normalized spacial score (nSPS) is 10.5. The molecule has 0 saturated carbocycles. The number of nitrogens with zero attached hydrogens (tertiary/aromatic N) is 2. The summed E-state index contributed by atoms with van der Waals surface area (Å²) in [6.45, 7) is 5.01. The predicted molar refractivity (Wildman–Crippen MR) is 81.1 cm³/mol. The van der Waals surface area contributed by atoms with Crippen molar-refractivity contribution in [1.29, 1.82) is 0 Å². The fourth-order valence-corrected chi connectivity index (χ4v) is 2.43. The monoisotopic (exact) mass is 293 g/mol. The van der Waals surface area contributed by atoms with Crippen LogP contribution in [0, 0.1) is 6.92 Å². The van der Waals surface area contributed by atoms with Gasteiger partial charge >= 0.3 is 0 Å². The molecule has 2 aromatic rings. The maximum Gasteiger partial charge on any atom is 0.223 e. The quantitative estimate of drug-likeness (QED) is 0.829. The number of hydrogen-bond donors (Lipinski definition) is 1. The summed E-state index contributed by atoms with van der Waals surface area (Å²) in [4.78, 5) is 9.93. The summed E-state index contributed by atoms with van der Waals surface area (Å²) in [5.41, 5.74) is 1.07. The molecule has 0 fully saturated rings. The largest absolute Gasteiger partial charge is 0.354 e. The summed E-state index contributed by atoms with van der Waals surface area (Å²) in [5, 5.41) is 4.91. The fourth-order valence-electron chi connectivity index (χ4n) is 1.47. The van der Waals surface area contributed by atoms with Gasteiger partial charge in [-0.15, -0.1) is 0 Å². The van der Waals surface area contributed by atoms with E-state index in [0.29, 0.717) is 5.95 Å². The maximum absolute atomic E-state index is 5.88. The zero-order valence-corrected chi connectivity index (χ0v) is 12.6. The van der Waals surface area contributed by atoms with Crippen LogP contribution in [0.4, 0.5) is 5.95 Å². The van der Waals surface area contributed by atoms with Gasteiger partial charge in [-0.2, -0.15) is 0 Å². The highest BCUT2D eigenvalue weighted by molar-refractivity contribution is 7.99. The number of halogens is 1. The number of nitrogens with one attached hydrogen (secondary N) is 1. The third-order valence-electron chi connectivity index (χ3n) is 2.49. The van der Waals surface area contributed by atoms with Crippen molar-refractivity contribution in [2.24, 2.45) is 0 Å². The molecule has 0 aliphatic heterocycles. The minimum absolute atomic E-state index is 0.684. The van der Waals surface area contributed by atoms with Gasteiger partial charge in [0.05, 0.1) is 0 Å². The van der Waals surface area contributed by atoms with Gasteiger partial charge < -0.3 is 5.32 Å². The highest BCUT2D eigenvalue weighted by Crippen LogP contribution is 2.29. The molecule has 0 spiro atoms. The molecule has 1 aromatic carbocycles. The summed E-state index contributed by atoms with van der Waals surface area (Å²) >= 11 is 7.50. The molecular formula is C14H16ClN3S. The van der Waals surface area contributed by atoms with Gasteiger partial charge in [0.15, 0.2) is 0 Å². The summed E-state index contributed by atoms with van der Waals surface area (Å²) in [5.74, 6) is 0.684. The van der Waals surface area contributed by atoms with Gasteiger partial charge in [-0.3, -0.25) is 0 Å². The molecule has 1 heterocycles. The van der Waals surface area contributed by atoms with E-state index in [0.717, 1.165) is 33.5 Å². The van der Waals surface area contributed by atoms with Crippen LogP contribution >= 0.6 is 23.4 Å². The molecule has 1 N–H and O–H groups in total. The Bertz CT molecular complexity index is 543. The van der Waals surface area contributed by atoms with Crippen molar-refractivity contribution in [2.75, 3.05) is 11.9 Å². The average molecular weight is 294 g/mol. The Morgan fingerprint density at radius 2 is 2.00 bits per heavy atom. The van der Waals surface area contributed by atoms with E-state index in [9.17, 15) is 0 Å². The van der Waals surface area contributed by atoms with E-state index in [2.05, 4.69) is 22.2 Å². The third kappa shape index (κ3) is 4.11. The van der Waals surface area contributed by atoms with Crippen molar-refractivity contribution >= 4 is 29.3 Å². The number of benzene rings is 1. The first-order valence-corrected chi connectivity index (χ1v) is 7.39. The molecule has 1 aromatic heterocycles. The Morgan fingerprint density at radius 3 is 2.68 bits per heavy atom. The Morgan fingerprint density at radius 1 is 1.26 bits per heavy atom.